The second kappa shape index (κ2) is 7.98. The van der Waals surface area contributed by atoms with Crippen molar-refractivity contribution >= 4 is 17.7 Å². The lowest BCUT2D eigenvalue weighted by Crippen LogP contribution is -2.28. The predicted molar refractivity (Wildman–Crippen MR) is 98.2 cm³/mol. The summed E-state index contributed by atoms with van der Waals surface area (Å²) in [5.41, 5.74) is 3.11. The molecule has 0 radical (unpaired) electrons. The number of nitrogens with zero attached hydrogens (tertiary/aromatic N) is 2. The Bertz CT molecular complexity index is 831. The molecule has 0 saturated heterocycles. The van der Waals surface area contributed by atoms with Gasteiger partial charge < -0.3 is 9.73 Å². The SMILES string of the molecule is Cc1ccc(-c2nnc(SCC(=O)N[C@@H](C)c3ccccc3)o2)cc1. The van der Waals surface area contributed by atoms with Crippen LogP contribution in [0, 0.1) is 6.92 Å². The quantitative estimate of drug-likeness (QED) is 0.678. The van der Waals surface area contributed by atoms with Gasteiger partial charge >= 0.3 is 0 Å². The van der Waals surface area contributed by atoms with Crippen LogP contribution in [0.1, 0.15) is 24.1 Å². The summed E-state index contributed by atoms with van der Waals surface area (Å²) in [4.78, 5) is 12.1. The molecule has 6 heteroatoms. The van der Waals surface area contributed by atoms with Gasteiger partial charge in [0.1, 0.15) is 0 Å². The average molecular weight is 353 g/mol. The molecule has 128 valence electrons. The van der Waals surface area contributed by atoms with E-state index in [4.69, 9.17) is 4.42 Å². The highest BCUT2D eigenvalue weighted by Gasteiger charge is 2.13. The minimum atomic E-state index is -0.0727. The number of carbonyl (C=O) groups excluding carboxylic acids is 1. The van der Waals surface area contributed by atoms with E-state index in [2.05, 4.69) is 15.5 Å². The maximum absolute atomic E-state index is 12.1. The lowest BCUT2D eigenvalue weighted by atomic mass is 10.1. The minimum absolute atomic E-state index is 0.0416. The first-order valence-corrected chi connectivity index (χ1v) is 8.98. The first-order valence-electron chi connectivity index (χ1n) is 7.99. The van der Waals surface area contributed by atoms with Crippen LogP contribution in [-0.4, -0.2) is 21.9 Å². The summed E-state index contributed by atoms with van der Waals surface area (Å²) in [5, 5.41) is 11.4. The fourth-order valence-corrected chi connectivity index (χ4v) is 2.89. The van der Waals surface area contributed by atoms with Gasteiger partial charge in [0.05, 0.1) is 11.8 Å². The number of benzene rings is 2. The van der Waals surface area contributed by atoms with E-state index in [9.17, 15) is 4.79 Å². The van der Waals surface area contributed by atoms with Crippen LogP contribution in [0.25, 0.3) is 11.5 Å². The summed E-state index contributed by atoms with van der Waals surface area (Å²) in [6.07, 6.45) is 0. The van der Waals surface area contributed by atoms with Gasteiger partial charge in [-0.25, -0.2) is 0 Å². The molecule has 0 aliphatic carbocycles. The molecule has 25 heavy (non-hydrogen) atoms. The zero-order valence-corrected chi connectivity index (χ0v) is 14.9. The molecule has 5 nitrogen and oxygen atoms in total. The van der Waals surface area contributed by atoms with Gasteiger partial charge in [-0.2, -0.15) is 0 Å². The molecule has 1 aromatic heterocycles. The molecule has 1 N–H and O–H groups in total. The summed E-state index contributed by atoms with van der Waals surface area (Å²) in [7, 11) is 0. The first-order chi connectivity index (χ1) is 12.1. The number of amides is 1. The molecule has 0 aliphatic heterocycles. The van der Waals surface area contributed by atoms with E-state index in [1.807, 2.05) is 68.4 Å². The summed E-state index contributed by atoms with van der Waals surface area (Å²) < 4.78 is 5.61. The summed E-state index contributed by atoms with van der Waals surface area (Å²) >= 11 is 1.23. The molecule has 1 atom stereocenters. The second-order valence-electron chi connectivity index (χ2n) is 5.73. The van der Waals surface area contributed by atoms with Crippen molar-refractivity contribution in [2.45, 2.75) is 25.1 Å². The van der Waals surface area contributed by atoms with Crippen molar-refractivity contribution in [2.24, 2.45) is 0 Å². The monoisotopic (exact) mass is 353 g/mol. The molecular weight excluding hydrogens is 334 g/mol. The number of aryl methyl sites for hydroxylation is 1. The number of aromatic nitrogens is 2. The Balaban J connectivity index is 1.53. The van der Waals surface area contributed by atoms with Gasteiger partial charge in [0, 0.05) is 5.56 Å². The van der Waals surface area contributed by atoms with E-state index in [1.54, 1.807) is 0 Å². The van der Waals surface area contributed by atoms with E-state index in [1.165, 1.54) is 17.3 Å². The van der Waals surface area contributed by atoms with Crippen molar-refractivity contribution < 1.29 is 9.21 Å². The maximum Gasteiger partial charge on any atom is 0.277 e. The van der Waals surface area contributed by atoms with Gasteiger partial charge in [-0.15, -0.1) is 10.2 Å². The molecule has 1 amide bonds. The van der Waals surface area contributed by atoms with Crippen LogP contribution < -0.4 is 5.32 Å². The van der Waals surface area contributed by atoms with Crippen LogP contribution in [0.2, 0.25) is 0 Å². The fourth-order valence-electron chi connectivity index (χ4n) is 2.32. The van der Waals surface area contributed by atoms with Crippen molar-refractivity contribution in [1.82, 2.24) is 15.5 Å². The summed E-state index contributed by atoms with van der Waals surface area (Å²) in [6.45, 7) is 3.98. The van der Waals surface area contributed by atoms with Gasteiger partial charge in [-0.1, -0.05) is 59.8 Å². The number of nitrogens with one attached hydrogen (secondary N) is 1. The standard InChI is InChI=1S/C19H19N3O2S/c1-13-8-10-16(11-9-13)18-21-22-19(24-18)25-12-17(23)20-14(2)15-6-4-3-5-7-15/h3-11,14H,12H2,1-2H3,(H,20,23)/t14-/m0/s1. The van der Waals surface area contributed by atoms with Gasteiger partial charge in [0.2, 0.25) is 11.8 Å². The van der Waals surface area contributed by atoms with Crippen molar-refractivity contribution in [3.8, 4) is 11.5 Å². The number of hydrogen-bond donors (Lipinski definition) is 1. The van der Waals surface area contributed by atoms with Crippen LogP contribution in [-0.2, 0) is 4.79 Å². The molecule has 3 rings (SSSR count). The van der Waals surface area contributed by atoms with Crippen LogP contribution in [0.3, 0.4) is 0 Å². The third kappa shape index (κ3) is 4.70. The zero-order chi connectivity index (χ0) is 17.6. The van der Waals surface area contributed by atoms with Gasteiger partial charge in [-0.05, 0) is 31.5 Å². The molecular formula is C19H19N3O2S. The third-order valence-corrected chi connectivity index (χ3v) is 4.53. The zero-order valence-electron chi connectivity index (χ0n) is 14.1. The van der Waals surface area contributed by atoms with Crippen LogP contribution in [0.15, 0.2) is 64.2 Å². The summed E-state index contributed by atoms with van der Waals surface area (Å²) in [6, 6.07) is 17.7. The first kappa shape index (κ1) is 17.2. The highest BCUT2D eigenvalue weighted by Crippen LogP contribution is 2.23. The Kier molecular flexibility index (Phi) is 5.50. The van der Waals surface area contributed by atoms with Crippen molar-refractivity contribution in [2.75, 3.05) is 5.75 Å². The lowest BCUT2D eigenvalue weighted by Gasteiger charge is -2.13. The largest absolute Gasteiger partial charge is 0.411 e. The third-order valence-electron chi connectivity index (χ3n) is 3.71. The van der Waals surface area contributed by atoms with Crippen molar-refractivity contribution in [1.29, 1.82) is 0 Å². The molecule has 0 unspecified atom stereocenters. The van der Waals surface area contributed by atoms with Gasteiger partial charge in [0.15, 0.2) is 0 Å². The molecule has 0 aliphatic rings. The average Bonchev–Trinajstić information content (AvgIpc) is 3.10. The smallest absolute Gasteiger partial charge is 0.277 e. The second-order valence-corrected chi connectivity index (χ2v) is 6.65. The molecule has 0 saturated carbocycles. The van der Waals surface area contributed by atoms with Crippen LogP contribution in [0.4, 0.5) is 0 Å². The lowest BCUT2D eigenvalue weighted by molar-refractivity contribution is -0.119. The number of hydrogen-bond acceptors (Lipinski definition) is 5. The van der Waals surface area contributed by atoms with E-state index >= 15 is 0 Å². The molecule has 0 spiro atoms. The Morgan fingerprint density at radius 2 is 1.84 bits per heavy atom. The fraction of sp³-hybridized carbons (Fsp3) is 0.211. The van der Waals surface area contributed by atoms with E-state index < -0.39 is 0 Å². The number of thioether (sulfide) groups is 1. The van der Waals surface area contributed by atoms with Crippen LogP contribution >= 0.6 is 11.8 Å². The Labute approximate surface area is 150 Å². The van der Waals surface area contributed by atoms with Gasteiger partial charge in [-0.3, -0.25) is 4.79 Å². The van der Waals surface area contributed by atoms with Gasteiger partial charge in [0.25, 0.3) is 5.22 Å². The molecule has 1 heterocycles. The normalized spacial score (nSPS) is 11.9. The highest BCUT2D eigenvalue weighted by atomic mass is 32.2. The number of carbonyl (C=O) groups is 1. The minimum Gasteiger partial charge on any atom is -0.411 e. The van der Waals surface area contributed by atoms with Crippen LogP contribution in [0.5, 0.6) is 0 Å². The molecule has 2 aromatic carbocycles. The Morgan fingerprint density at radius 3 is 2.56 bits per heavy atom. The topological polar surface area (TPSA) is 68.0 Å². The summed E-state index contributed by atoms with van der Waals surface area (Å²) in [5.74, 6) is 0.615. The maximum atomic E-state index is 12.1. The van der Waals surface area contributed by atoms with E-state index in [0.717, 1.165) is 11.1 Å². The van der Waals surface area contributed by atoms with E-state index in [0.29, 0.717) is 11.1 Å². The molecule has 3 aromatic rings. The predicted octanol–water partition coefficient (Wildman–Crippen LogP) is 4.01. The highest BCUT2D eigenvalue weighted by molar-refractivity contribution is 7.99. The van der Waals surface area contributed by atoms with Crippen molar-refractivity contribution in [3.63, 3.8) is 0 Å². The van der Waals surface area contributed by atoms with E-state index in [-0.39, 0.29) is 17.7 Å². The molecule has 0 bridgehead atoms. The molecule has 0 fully saturated rings. The number of rotatable bonds is 6. The Hall–Kier alpha value is -2.60. The Morgan fingerprint density at radius 1 is 1.12 bits per heavy atom. The van der Waals surface area contributed by atoms with Crippen molar-refractivity contribution in [3.05, 3.63) is 65.7 Å².